The van der Waals surface area contributed by atoms with Crippen LogP contribution in [0.15, 0.2) is 59.0 Å². The van der Waals surface area contributed by atoms with Gasteiger partial charge in [0.1, 0.15) is 5.58 Å². The minimum Gasteiger partial charge on any atom is -0.449 e. The van der Waals surface area contributed by atoms with Crippen molar-refractivity contribution in [1.82, 2.24) is 5.32 Å². The van der Waals surface area contributed by atoms with E-state index in [0.717, 1.165) is 10.9 Å². The second kappa shape index (κ2) is 9.19. The molecule has 1 atom stereocenters. The van der Waals surface area contributed by atoms with Gasteiger partial charge in [0.2, 0.25) is 5.76 Å². The van der Waals surface area contributed by atoms with E-state index in [9.17, 15) is 9.59 Å². The smallest absolute Gasteiger partial charge is 0.375 e. The molecular weight excluding hydrogens is 358 g/mol. The molecule has 0 spiro atoms. The van der Waals surface area contributed by atoms with Crippen molar-refractivity contribution >= 4 is 22.8 Å². The van der Waals surface area contributed by atoms with Crippen molar-refractivity contribution in [1.29, 1.82) is 0 Å². The number of benzene rings is 2. The Kier molecular flexibility index (Phi) is 6.45. The second-order valence-electron chi connectivity index (χ2n) is 6.41. The van der Waals surface area contributed by atoms with Gasteiger partial charge in [0.05, 0.1) is 6.61 Å². The van der Waals surface area contributed by atoms with Crippen LogP contribution >= 0.6 is 0 Å². The van der Waals surface area contributed by atoms with Gasteiger partial charge < -0.3 is 19.2 Å². The number of ether oxygens (including phenoxy) is 2. The standard InChI is InChI=1S/C22H23NO5/c1-15(21(24)23-13-12-16-8-4-3-5-9-16)27-22(25)20-18(14-26-2)17-10-6-7-11-19(17)28-20/h3-11,15H,12-14H2,1-2H3,(H,23,24)/t15-/m1/s1. The number of esters is 1. The molecule has 0 aliphatic rings. The van der Waals surface area contributed by atoms with E-state index < -0.39 is 12.1 Å². The predicted molar refractivity (Wildman–Crippen MR) is 105 cm³/mol. The van der Waals surface area contributed by atoms with Crippen molar-refractivity contribution in [3.8, 4) is 0 Å². The molecule has 1 aromatic heterocycles. The van der Waals surface area contributed by atoms with Crippen LogP contribution in [0.25, 0.3) is 11.0 Å². The van der Waals surface area contributed by atoms with Gasteiger partial charge in [-0.15, -0.1) is 0 Å². The van der Waals surface area contributed by atoms with E-state index in [1.165, 1.54) is 6.92 Å². The van der Waals surface area contributed by atoms with Crippen molar-refractivity contribution in [2.24, 2.45) is 0 Å². The molecule has 0 saturated carbocycles. The zero-order chi connectivity index (χ0) is 19.9. The Balaban J connectivity index is 1.61. The van der Waals surface area contributed by atoms with Crippen molar-refractivity contribution in [3.63, 3.8) is 0 Å². The summed E-state index contributed by atoms with van der Waals surface area (Å²) in [6.45, 7) is 2.21. The molecule has 2 aromatic carbocycles. The topological polar surface area (TPSA) is 77.8 Å². The summed E-state index contributed by atoms with van der Waals surface area (Å²) in [4.78, 5) is 24.8. The Bertz CT molecular complexity index is 948. The Morgan fingerprint density at radius 2 is 1.79 bits per heavy atom. The number of furan rings is 1. The van der Waals surface area contributed by atoms with Crippen LogP contribution < -0.4 is 5.32 Å². The lowest BCUT2D eigenvalue weighted by Crippen LogP contribution is -2.37. The quantitative estimate of drug-likeness (QED) is 0.605. The van der Waals surface area contributed by atoms with Gasteiger partial charge in [-0.25, -0.2) is 4.79 Å². The third-order valence-corrected chi connectivity index (χ3v) is 4.38. The molecule has 0 aliphatic heterocycles. The maximum Gasteiger partial charge on any atom is 0.375 e. The molecule has 0 saturated heterocycles. The zero-order valence-corrected chi connectivity index (χ0v) is 15.9. The van der Waals surface area contributed by atoms with Gasteiger partial charge in [-0.3, -0.25) is 4.79 Å². The summed E-state index contributed by atoms with van der Waals surface area (Å²) in [6, 6.07) is 17.1. The van der Waals surface area contributed by atoms with E-state index in [0.29, 0.717) is 24.1 Å². The van der Waals surface area contributed by atoms with Crippen LogP contribution in [0.3, 0.4) is 0 Å². The molecule has 0 aliphatic carbocycles. The van der Waals surface area contributed by atoms with Gasteiger partial charge in [-0.05, 0) is 25.0 Å². The van der Waals surface area contributed by atoms with Crippen molar-refractivity contribution < 1.29 is 23.5 Å². The van der Waals surface area contributed by atoms with Crippen LogP contribution in [0.1, 0.15) is 28.6 Å². The van der Waals surface area contributed by atoms with Crippen LogP contribution in [0.5, 0.6) is 0 Å². The van der Waals surface area contributed by atoms with Crippen LogP contribution in [-0.2, 0) is 27.3 Å². The SMILES string of the molecule is COCc1c(C(=O)O[C@H](C)C(=O)NCCc2ccccc2)oc2ccccc12. The molecule has 3 aromatic rings. The number of carbonyl (C=O) groups is 2. The van der Waals surface area contributed by atoms with E-state index in [1.807, 2.05) is 48.5 Å². The van der Waals surface area contributed by atoms with Crippen molar-refractivity contribution in [3.05, 3.63) is 71.5 Å². The summed E-state index contributed by atoms with van der Waals surface area (Å²) in [6.07, 6.45) is -0.235. The summed E-state index contributed by atoms with van der Waals surface area (Å²) in [5.74, 6) is -0.977. The summed E-state index contributed by atoms with van der Waals surface area (Å²) < 4.78 is 16.1. The lowest BCUT2D eigenvalue weighted by molar-refractivity contribution is -0.129. The first-order valence-electron chi connectivity index (χ1n) is 9.12. The number of nitrogens with one attached hydrogen (secondary N) is 1. The number of para-hydroxylation sites is 1. The Morgan fingerprint density at radius 3 is 2.54 bits per heavy atom. The highest BCUT2D eigenvalue weighted by atomic mass is 16.6. The lowest BCUT2D eigenvalue weighted by atomic mass is 10.1. The van der Waals surface area contributed by atoms with E-state index in [-0.39, 0.29) is 18.3 Å². The molecule has 146 valence electrons. The summed E-state index contributed by atoms with van der Waals surface area (Å²) >= 11 is 0. The normalized spacial score (nSPS) is 11.9. The minimum absolute atomic E-state index is 0.0620. The van der Waals surface area contributed by atoms with Gasteiger partial charge in [0, 0.05) is 24.6 Å². The Hall–Kier alpha value is -3.12. The molecule has 0 unspecified atom stereocenters. The number of methoxy groups -OCH3 is 1. The lowest BCUT2D eigenvalue weighted by Gasteiger charge is -2.13. The Morgan fingerprint density at radius 1 is 1.07 bits per heavy atom. The van der Waals surface area contributed by atoms with E-state index in [1.54, 1.807) is 13.2 Å². The first-order valence-corrected chi connectivity index (χ1v) is 9.12. The third kappa shape index (κ3) is 4.58. The number of fused-ring (bicyclic) bond motifs is 1. The summed E-state index contributed by atoms with van der Waals surface area (Å²) in [7, 11) is 1.54. The minimum atomic E-state index is -0.938. The number of hydrogen-bond donors (Lipinski definition) is 1. The summed E-state index contributed by atoms with van der Waals surface area (Å²) in [5, 5.41) is 3.57. The Labute approximate surface area is 163 Å². The molecule has 3 rings (SSSR count). The number of hydrogen-bond acceptors (Lipinski definition) is 5. The molecule has 1 N–H and O–H groups in total. The molecule has 28 heavy (non-hydrogen) atoms. The molecule has 0 radical (unpaired) electrons. The molecule has 0 fully saturated rings. The average molecular weight is 381 g/mol. The van der Waals surface area contributed by atoms with Crippen LogP contribution in [0.2, 0.25) is 0 Å². The van der Waals surface area contributed by atoms with Crippen LogP contribution in [0, 0.1) is 0 Å². The second-order valence-corrected chi connectivity index (χ2v) is 6.41. The maximum atomic E-state index is 12.6. The molecular formula is C22H23NO5. The average Bonchev–Trinajstić information content (AvgIpc) is 3.08. The highest BCUT2D eigenvalue weighted by Gasteiger charge is 2.25. The maximum absolute atomic E-state index is 12.6. The van der Waals surface area contributed by atoms with E-state index in [2.05, 4.69) is 5.32 Å². The summed E-state index contributed by atoms with van der Waals surface area (Å²) in [5.41, 5.74) is 2.31. The van der Waals surface area contributed by atoms with Crippen molar-refractivity contribution in [2.45, 2.75) is 26.1 Å². The monoisotopic (exact) mass is 381 g/mol. The molecule has 6 heteroatoms. The number of amides is 1. The first kappa shape index (κ1) is 19.6. The fraction of sp³-hybridized carbons (Fsp3) is 0.273. The largest absolute Gasteiger partial charge is 0.449 e. The number of carbonyl (C=O) groups excluding carboxylic acids is 2. The third-order valence-electron chi connectivity index (χ3n) is 4.38. The van der Waals surface area contributed by atoms with Crippen molar-refractivity contribution in [2.75, 3.05) is 13.7 Å². The molecule has 1 heterocycles. The molecule has 6 nitrogen and oxygen atoms in total. The predicted octanol–water partition coefficient (Wildman–Crippen LogP) is 3.48. The zero-order valence-electron chi connectivity index (χ0n) is 15.9. The van der Waals surface area contributed by atoms with Gasteiger partial charge in [-0.2, -0.15) is 0 Å². The highest BCUT2D eigenvalue weighted by Crippen LogP contribution is 2.27. The highest BCUT2D eigenvalue weighted by molar-refractivity contribution is 5.97. The van der Waals surface area contributed by atoms with Gasteiger partial charge in [-0.1, -0.05) is 48.5 Å². The van der Waals surface area contributed by atoms with Crippen LogP contribution in [0.4, 0.5) is 0 Å². The van der Waals surface area contributed by atoms with E-state index >= 15 is 0 Å². The van der Waals surface area contributed by atoms with Gasteiger partial charge in [0.25, 0.3) is 5.91 Å². The molecule has 0 bridgehead atoms. The first-order chi connectivity index (χ1) is 13.6. The van der Waals surface area contributed by atoms with Gasteiger partial charge in [0.15, 0.2) is 6.10 Å². The fourth-order valence-corrected chi connectivity index (χ4v) is 2.94. The van der Waals surface area contributed by atoms with Crippen LogP contribution in [-0.4, -0.2) is 31.6 Å². The molecule has 1 amide bonds. The van der Waals surface area contributed by atoms with E-state index in [4.69, 9.17) is 13.9 Å². The number of rotatable bonds is 8. The fourth-order valence-electron chi connectivity index (χ4n) is 2.94. The van der Waals surface area contributed by atoms with Gasteiger partial charge >= 0.3 is 5.97 Å².